The van der Waals surface area contributed by atoms with Crippen LogP contribution in [0.25, 0.3) is 55.1 Å². The van der Waals surface area contributed by atoms with Crippen molar-refractivity contribution < 1.29 is 0 Å². The molecule has 0 spiro atoms. The number of halogens is 1. The zero-order valence-electron chi connectivity index (χ0n) is 16.6. The van der Waals surface area contributed by atoms with Crippen LogP contribution in [0.1, 0.15) is 0 Å². The van der Waals surface area contributed by atoms with Gasteiger partial charge in [-0.25, -0.2) is 9.97 Å². The molecule has 0 aliphatic rings. The monoisotopic (exact) mass is 416 g/mol. The lowest BCUT2D eigenvalue weighted by molar-refractivity contribution is 1.29. The molecule has 0 aliphatic carbocycles. The van der Waals surface area contributed by atoms with Crippen molar-refractivity contribution in [2.45, 2.75) is 0 Å². The number of aromatic nitrogens is 2. The Kier molecular flexibility index (Phi) is 4.19. The lowest BCUT2D eigenvalue weighted by Gasteiger charge is -2.12. The molecule has 0 bridgehead atoms. The molecule has 2 aromatic heterocycles. The maximum absolute atomic E-state index is 6.21. The van der Waals surface area contributed by atoms with Crippen LogP contribution in [0.3, 0.4) is 0 Å². The van der Waals surface area contributed by atoms with Crippen LogP contribution in [0.2, 0.25) is 5.02 Å². The Morgan fingerprint density at radius 2 is 1.26 bits per heavy atom. The van der Waals surface area contributed by atoms with Gasteiger partial charge in [0.1, 0.15) is 0 Å². The number of nitrogens with zero attached hydrogens (tertiary/aromatic N) is 2. The summed E-state index contributed by atoms with van der Waals surface area (Å²) < 4.78 is 0. The van der Waals surface area contributed by atoms with E-state index in [1.807, 2.05) is 42.5 Å². The van der Waals surface area contributed by atoms with E-state index in [4.69, 9.17) is 21.6 Å². The van der Waals surface area contributed by atoms with E-state index in [-0.39, 0.29) is 0 Å². The van der Waals surface area contributed by atoms with Crippen LogP contribution in [-0.2, 0) is 0 Å². The maximum Gasteiger partial charge on any atom is 0.0972 e. The van der Waals surface area contributed by atoms with Gasteiger partial charge < -0.3 is 0 Å². The molecule has 31 heavy (non-hydrogen) atoms. The Balaban J connectivity index is 1.67. The summed E-state index contributed by atoms with van der Waals surface area (Å²) in [5, 5.41) is 6.47. The average molecular weight is 417 g/mol. The molecule has 0 radical (unpaired) electrons. The van der Waals surface area contributed by atoms with Gasteiger partial charge in [-0.2, -0.15) is 0 Å². The van der Waals surface area contributed by atoms with Gasteiger partial charge in [-0.1, -0.05) is 90.5 Å². The summed E-state index contributed by atoms with van der Waals surface area (Å²) in [5.41, 5.74) is 4.61. The third-order valence-corrected chi connectivity index (χ3v) is 5.94. The van der Waals surface area contributed by atoms with Gasteiger partial charge in [0.15, 0.2) is 0 Å². The van der Waals surface area contributed by atoms with Gasteiger partial charge in [0.2, 0.25) is 0 Å². The molecule has 4 aromatic carbocycles. The van der Waals surface area contributed by atoms with Crippen LogP contribution in [0.15, 0.2) is 103 Å². The normalized spacial score (nSPS) is 11.4. The number of fused-ring (bicyclic) bond motifs is 5. The van der Waals surface area contributed by atoms with E-state index in [9.17, 15) is 0 Å². The Bertz CT molecular complexity index is 1600. The van der Waals surface area contributed by atoms with E-state index in [0.717, 1.165) is 44.3 Å². The first-order chi connectivity index (χ1) is 15.3. The first-order valence-corrected chi connectivity index (χ1v) is 10.6. The molecule has 0 saturated heterocycles. The molecule has 0 unspecified atom stereocenters. The quantitative estimate of drug-likeness (QED) is 0.268. The van der Waals surface area contributed by atoms with Crippen LogP contribution < -0.4 is 0 Å². The van der Waals surface area contributed by atoms with Crippen LogP contribution in [-0.4, -0.2) is 9.97 Å². The minimum absolute atomic E-state index is 0.699. The summed E-state index contributed by atoms with van der Waals surface area (Å²) in [6, 6.07) is 35.0. The molecule has 3 heteroatoms. The van der Waals surface area contributed by atoms with Crippen molar-refractivity contribution >= 4 is 44.0 Å². The van der Waals surface area contributed by atoms with Crippen molar-refractivity contribution in [2.24, 2.45) is 0 Å². The van der Waals surface area contributed by atoms with Gasteiger partial charge in [-0.3, -0.25) is 0 Å². The Morgan fingerprint density at radius 3 is 2.13 bits per heavy atom. The number of hydrogen-bond donors (Lipinski definition) is 0. The van der Waals surface area contributed by atoms with Crippen LogP contribution in [0, 0.1) is 0 Å². The highest BCUT2D eigenvalue weighted by Gasteiger charge is 2.14. The second-order valence-corrected chi connectivity index (χ2v) is 8.04. The zero-order valence-corrected chi connectivity index (χ0v) is 17.3. The smallest absolute Gasteiger partial charge is 0.0972 e. The van der Waals surface area contributed by atoms with Crippen molar-refractivity contribution in [1.82, 2.24) is 9.97 Å². The van der Waals surface area contributed by atoms with Crippen LogP contribution in [0.4, 0.5) is 0 Å². The average Bonchev–Trinajstić information content (AvgIpc) is 2.83. The number of pyridine rings is 2. The highest BCUT2D eigenvalue weighted by Crippen LogP contribution is 2.35. The van der Waals surface area contributed by atoms with Crippen molar-refractivity contribution in [3.05, 3.63) is 108 Å². The van der Waals surface area contributed by atoms with Crippen molar-refractivity contribution in [3.63, 3.8) is 0 Å². The summed E-state index contributed by atoms with van der Waals surface area (Å²) in [5.74, 6) is 0. The first-order valence-electron chi connectivity index (χ1n) is 10.2. The largest absolute Gasteiger partial charge is 0.246 e. The second kappa shape index (κ2) is 7.19. The van der Waals surface area contributed by atoms with E-state index < -0.39 is 0 Å². The summed E-state index contributed by atoms with van der Waals surface area (Å²) in [6.07, 6.45) is 0. The van der Waals surface area contributed by atoms with E-state index >= 15 is 0 Å². The first kappa shape index (κ1) is 18.1. The molecule has 0 amide bonds. The summed E-state index contributed by atoms with van der Waals surface area (Å²) >= 11 is 6.21. The van der Waals surface area contributed by atoms with Gasteiger partial charge in [-0.15, -0.1) is 0 Å². The predicted octanol–water partition coefficient (Wildman–Crippen LogP) is 7.92. The van der Waals surface area contributed by atoms with E-state index in [0.29, 0.717) is 5.02 Å². The topological polar surface area (TPSA) is 25.8 Å². The molecule has 0 atom stereocenters. The molecular formula is C28H17ClN2. The summed E-state index contributed by atoms with van der Waals surface area (Å²) in [6.45, 7) is 0. The lowest BCUT2D eigenvalue weighted by atomic mass is 9.99. The SMILES string of the molecule is Clc1cccc(-c2cccc(-c3nc4c5ccccc5ccc4c4ccccc34)n2)c1. The van der Waals surface area contributed by atoms with E-state index in [2.05, 4.69) is 60.7 Å². The van der Waals surface area contributed by atoms with Gasteiger partial charge in [-0.05, 0) is 35.0 Å². The fourth-order valence-electron chi connectivity index (χ4n) is 4.26. The highest BCUT2D eigenvalue weighted by molar-refractivity contribution is 6.30. The third kappa shape index (κ3) is 3.04. The number of rotatable bonds is 2. The molecule has 0 fully saturated rings. The molecular weight excluding hydrogens is 400 g/mol. The van der Waals surface area contributed by atoms with Crippen LogP contribution >= 0.6 is 11.6 Å². The minimum atomic E-state index is 0.699. The number of hydrogen-bond acceptors (Lipinski definition) is 2. The zero-order chi connectivity index (χ0) is 20.8. The minimum Gasteiger partial charge on any atom is -0.246 e. The van der Waals surface area contributed by atoms with E-state index in [1.165, 1.54) is 10.8 Å². The molecule has 0 aliphatic heterocycles. The highest BCUT2D eigenvalue weighted by atomic mass is 35.5. The summed E-state index contributed by atoms with van der Waals surface area (Å²) in [7, 11) is 0. The van der Waals surface area contributed by atoms with Crippen molar-refractivity contribution in [2.75, 3.05) is 0 Å². The van der Waals surface area contributed by atoms with Crippen molar-refractivity contribution in [3.8, 4) is 22.6 Å². The van der Waals surface area contributed by atoms with Gasteiger partial charge in [0.25, 0.3) is 0 Å². The Hall–Kier alpha value is -3.75. The van der Waals surface area contributed by atoms with E-state index in [1.54, 1.807) is 0 Å². The molecule has 6 aromatic rings. The molecule has 2 nitrogen and oxygen atoms in total. The molecule has 6 rings (SSSR count). The third-order valence-electron chi connectivity index (χ3n) is 5.71. The Morgan fingerprint density at radius 1 is 0.516 bits per heavy atom. The van der Waals surface area contributed by atoms with Crippen LogP contribution in [0.5, 0.6) is 0 Å². The van der Waals surface area contributed by atoms with Gasteiger partial charge in [0, 0.05) is 26.7 Å². The Labute approximate surface area is 184 Å². The summed E-state index contributed by atoms with van der Waals surface area (Å²) in [4.78, 5) is 10.1. The van der Waals surface area contributed by atoms with Crippen molar-refractivity contribution in [1.29, 1.82) is 0 Å². The van der Waals surface area contributed by atoms with Gasteiger partial charge in [0.05, 0.1) is 22.6 Å². The predicted molar refractivity (Wildman–Crippen MR) is 130 cm³/mol. The fraction of sp³-hybridized carbons (Fsp3) is 0. The lowest BCUT2D eigenvalue weighted by Crippen LogP contribution is -1.94. The molecule has 2 heterocycles. The fourth-order valence-corrected chi connectivity index (χ4v) is 4.45. The molecule has 0 N–H and O–H groups in total. The maximum atomic E-state index is 6.21. The second-order valence-electron chi connectivity index (χ2n) is 7.61. The van der Waals surface area contributed by atoms with Gasteiger partial charge >= 0.3 is 0 Å². The standard InChI is InChI=1S/C28H17ClN2/c29-20-9-5-8-19(17-20)25-13-6-14-26(30-25)28-23-12-4-3-11-22(23)24-16-15-18-7-1-2-10-21(18)27(24)31-28/h1-17H. The molecule has 0 saturated carbocycles. The molecule has 146 valence electrons. The number of benzene rings is 4.